The summed E-state index contributed by atoms with van der Waals surface area (Å²) >= 11 is 0. The first-order valence-electron chi connectivity index (χ1n) is 10.3. The Morgan fingerprint density at radius 1 is 1.03 bits per heavy atom. The van der Waals surface area contributed by atoms with Crippen LogP contribution in [-0.2, 0) is 27.3 Å². The molecule has 0 spiro atoms. The van der Waals surface area contributed by atoms with Crippen molar-refractivity contribution in [2.75, 3.05) is 32.6 Å². The molecule has 0 atom stereocenters. The molecule has 0 saturated carbocycles. The number of ether oxygens (including phenoxy) is 1. The maximum atomic E-state index is 13.8. The number of hydrogen-bond acceptors (Lipinski definition) is 6. The molecule has 0 aliphatic carbocycles. The molecule has 9 heteroatoms. The van der Waals surface area contributed by atoms with E-state index >= 15 is 0 Å². The lowest BCUT2D eigenvalue weighted by Crippen LogP contribution is -2.30. The van der Waals surface area contributed by atoms with E-state index < -0.39 is 17.6 Å². The molecule has 0 fully saturated rings. The summed E-state index contributed by atoms with van der Waals surface area (Å²) in [5, 5.41) is 0. The highest BCUT2D eigenvalue weighted by atomic mass is 19.1. The number of aryl methyl sites for hydroxylation is 1. The van der Waals surface area contributed by atoms with Gasteiger partial charge in [-0.15, -0.1) is 0 Å². The summed E-state index contributed by atoms with van der Waals surface area (Å²) in [4.78, 5) is 31.7. The number of halogens is 2. The molecule has 174 valence electrons. The van der Waals surface area contributed by atoms with Crippen LogP contribution >= 0.6 is 0 Å². The number of aromatic nitrogens is 1. The molecule has 1 amide bonds. The third-order valence-electron chi connectivity index (χ3n) is 4.96. The van der Waals surface area contributed by atoms with Crippen LogP contribution in [0, 0.1) is 11.6 Å². The normalized spacial score (nSPS) is 10.7. The van der Waals surface area contributed by atoms with E-state index in [9.17, 15) is 18.4 Å². The van der Waals surface area contributed by atoms with Crippen molar-refractivity contribution in [1.82, 2.24) is 9.88 Å². The second-order valence-corrected chi connectivity index (χ2v) is 7.69. The Morgan fingerprint density at radius 3 is 2.33 bits per heavy atom. The van der Waals surface area contributed by atoms with Gasteiger partial charge in [0.25, 0.3) is 5.91 Å². The lowest BCUT2D eigenvalue weighted by Gasteiger charge is -2.18. The summed E-state index contributed by atoms with van der Waals surface area (Å²) in [7, 11) is 5.53. The van der Waals surface area contributed by atoms with E-state index in [0.717, 1.165) is 23.4 Å². The Bertz CT molecular complexity index is 1090. The molecule has 1 aromatic heterocycles. The van der Waals surface area contributed by atoms with Gasteiger partial charge in [0.1, 0.15) is 11.6 Å². The molecule has 1 heterocycles. The van der Waals surface area contributed by atoms with E-state index in [1.54, 1.807) is 7.05 Å². The number of carbonyl (C=O) groups is 2. The largest absolute Gasteiger partial charge is 0.456 e. The zero-order valence-electron chi connectivity index (χ0n) is 18.7. The summed E-state index contributed by atoms with van der Waals surface area (Å²) in [5.74, 6) is -2.42. The van der Waals surface area contributed by atoms with Gasteiger partial charge in [-0.1, -0.05) is 18.2 Å². The van der Waals surface area contributed by atoms with Crippen LogP contribution < -0.4 is 4.90 Å². The quantitative estimate of drug-likeness (QED) is 0.455. The molecule has 3 rings (SSSR count). The number of amides is 1. The maximum absolute atomic E-state index is 13.8. The fourth-order valence-corrected chi connectivity index (χ4v) is 3.07. The molecule has 0 N–H and O–H groups in total. The summed E-state index contributed by atoms with van der Waals surface area (Å²) in [5.41, 5.74) is 1.69. The number of carbonyl (C=O) groups excluding carboxylic acids is 2. The SMILES string of the molecule is CN(Cc1ccc(N(C)C)cc1)C(=O)COC(=O)CCc1ncc(-c2c(F)cccc2F)o1. The molecule has 0 unspecified atom stereocenters. The Labute approximate surface area is 190 Å². The van der Waals surface area contributed by atoms with E-state index in [4.69, 9.17) is 9.15 Å². The predicted molar refractivity (Wildman–Crippen MR) is 118 cm³/mol. The van der Waals surface area contributed by atoms with Gasteiger partial charge in [0, 0.05) is 39.8 Å². The molecule has 0 bridgehead atoms. The van der Waals surface area contributed by atoms with Crippen molar-refractivity contribution in [3.05, 3.63) is 71.8 Å². The number of oxazole rings is 1. The first-order valence-corrected chi connectivity index (χ1v) is 10.3. The van der Waals surface area contributed by atoms with Crippen molar-refractivity contribution in [2.24, 2.45) is 0 Å². The summed E-state index contributed by atoms with van der Waals surface area (Å²) < 4.78 is 38.1. The van der Waals surface area contributed by atoms with Gasteiger partial charge in [0.05, 0.1) is 18.2 Å². The van der Waals surface area contributed by atoms with E-state index in [1.165, 1.54) is 17.2 Å². The van der Waals surface area contributed by atoms with Gasteiger partial charge in [-0.25, -0.2) is 13.8 Å². The van der Waals surface area contributed by atoms with Crippen LogP contribution in [0.25, 0.3) is 11.3 Å². The number of esters is 1. The number of anilines is 1. The van der Waals surface area contributed by atoms with Crippen molar-refractivity contribution < 1.29 is 27.5 Å². The minimum atomic E-state index is -0.770. The Balaban J connectivity index is 1.45. The summed E-state index contributed by atoms with van der Waals surface area (Å²) in [6.45, 7) is -0.00181. The molecule has 0 aliphatic heterocycles. The highest BCUT2D eigenvalue weighted by molar-refractivity contribution is 5.80. The molecule has 3 aromatic rings. The van der Waals surface area contributed by atoms with Crippen LogP contribution in [-0.4, -0.2) is 49.5 Å². The molecule has 0 radical (unpaired) electrons. The number of likely N-dealkylation sites (N-methyl/N-ethyl adjacent to an activating group) is 1. The van der Waals surface area contributed by atoms with Gasteiger partial charge in [0.15, 0.2) is 18.3 Å². The average Bonchev–Trinajstić information content (AvgIpc) is 3.24. The Morgan fingerprint density at radius 2 is 1.70 bits per heavy atom. The molecule has 33 heavy (non-hydrogen) atoms. The van der Waals surface area contributed by atoms with Gasteiger partial charge in [-0.05, 0) is 29.8 Å². The molecule has 7 nitrogen and oxygen atoms in total. The molecular formula is C24H25F2N3O4. The van der Waals surface area contributed by atoms with Crippen LogP contribution in [0.2, 0.25) is 0 Å². The van der Waals surface area contributed by atoms with Gasteiger partial charge >= 0.3 is 5.97 Å². The second kappa shape index (κ2) is 10.7. The van der Waals surface area contributed by atoms with Gasteiger partial charge in [0.2, 0.25) is 0 Å². The third kappa shape index (κ3) is 6.38. The van der Waals surface area contributed by atoms with Crippen LogP contribution in [0.4, 0.5) is 14.5 Å². The highest BCUT2D eigenvalue weighted by Crippen LogP contribution is 2.26. The fraction of sp³-hybridized carbons (Fsp3) is 0.292. The van der Waals surface area contributed by atoms with Crippen molar-refractivity contribution in [2.45, 2.75) is 19.4 Å². The second-order valence-electron chi connectivity index (χ2n) is 7.69. The first-order chi connectivity index (χ1) is 15.7. The predicted octanol–water partition coefficient (Wildman–Crippen LogP) is 3.82. The Hall–Kier alpha value is -3.75. The van der Waals surface area contributed by atoms with E-state index in [2.05, 4.69) is 4.98 Å². The minimum Gasteiger partial charge on any atom is -0.456 e. The van der Waals surface area contributed by atoms with Crippen LogP contribution in [0.3, 0.4) is 0 Å². The Kier molecular flexibility index (Phi) is 7.76. The first kappa shape index (κ1) is 23.9. The summed E-state index contributed by atoms with van der Waals surface area (Å²) in [6.07, 6.45) is 1.17. The van der Waals surface area contributed by atoms with E-state index in [0.29, 0.717) is 6.54 Å². The van der Waals surface area contributed by atoms with Crippen LogP contribution in [0.15, 0.2) is 53.1 Å². The van der Waals surface area contributed by atoms with Gasteiger partial charge in [-0.2, -0.15) is 0 Å². The summed E-state index contributed by atoms with van der Waals surface area (Å²) in [6, 6.07) is 11.3. The number of benzene rings is 2. The molecule has 0 saturated heterocycles. The van der Waals surface area contributed by atoms with Crippen LogP contribution in [0.1, 0.15) is 17.9 Å². The number of nitrogens with zero attached hydrogens (tertiary/aromatic N) is 3. The van der Waals surface area contributed by atoms with Crippen molar-refractivity contribution >= 4 is 17.6 Å². The lowest BCUT2D eigenvalue weighted by atomic mass is 10.1. The monoisotopic (exact) mass is 457 g/mol. The fourth-order valence-electron chi connectivity index (χ4n) is 3.07. The average molecular weight is 457 g/mol. The minimum absolute atomic E-state index is 0.0654. The van der Waals surface area contributed by atoms with E-state index in [1.807, 2.05) is 43.3 Å². The molecule has 0 aliphatic rings. The van der Waals surface area contributed by atoms with Crippen molar-refractivity contribution in [3.8, 4) is 11.3 Å². The van der Waals surface area contributed by atoms with Crippen LogP contribution in [0.5, 0.6) is 0 Å². The number of rotatable bonds is 9. The zero-order valence-corrected chi connectivity index (χ0v) is 18.7. The van der Waals surface area contributed by atoms with Gasteiger partial charge in [-0.3, -0.25) is 9.59 Å². The van der Waals surface area contributed by atoms with Gasteiger partial charge < -0.3 is 19.0 Å². The smallest absolute Gasteiger partial charge is 0.306 e. The van der Waals surface area contributed by atoms with Crippen molar-refractivity contribution in [1.29, 1.82) is 0 Å². The number of hydrogen-bond donors (Lipinski definition) is 0. The molecular weight excluding hydrogens is 432 g/mol. The topological polar surface area (TPSA) is 75.9 Å². The zero-order chi connectivity index (χ0) is 24.0. The third-order valence-corrected chi connectivity index (χ3v) is 4.96. The molecule has 2 aromatic carbocycles. The van der Waals surface area contributed by atoms with Crippen molar-refractivity contribution in [3.63, 3.8) is 0 Å². The highest BCUT2D eigenvalue weighted by Gasteiger charge is 2.17. The maximum Gasteiger partial charge on any atom is 0.306 e. The standard InChI is InChI=1S/C24H25F2N3O4/c1-28(2)17-9-7-16(8-10-17)14-29(3)22(30)15-32-23(31)12-11-21-27-13-20(33-21)24-18(25)5-4-6-19(24)26/h4-10,13H,11-12,14-15H2,1-3H3. The lowest BCUT2D eigenvalue weighted by molar-refractivity contribution is -0.151. The van der Waals surface area contributed by atoms with E-state index in [-0.39, 0.29) is 42.6 Å².